The second kappa shape index (κ2) is 6.14. The molecule has 0 fully saturated rings. The number of rotatable bonds is 3. The van der Waals surface area contributed by atoms with Crippen molar-refractivity contribution in [2.45, 2.75) is 6.42 Å². The molecule has 1 aliphatic rings. The molecule has 7 heteroatoms. The van der Waals surface area contributed by atoms with E-state index in [4.69, 9.17) is 11.6 Å². The van der Waals surface area contributed by atoms with Gasteiger partial charge in [-0.1, -0.05) is 33.6 Å². The number of hydrogen-bond donors (Lipinski definition) is 2. The molecule has 0 saturated heterocycles. The molecule has 0 bridgehead atoms. The van der Waals surface area contributed by atoms with Crippen molar-refractivity contribution in [1.29, 1.82) is 0 Å². The third-order valence-corrected chi connectivity index (χ3v) is 4.20. The summed E-state index contributed by atoms with van der Waals surface area (Å²) in [4.78, 5) is 27.9. The van der Waals surface area contributed by atoms with Crippen molar-refractivity contribution in [2.75, 3.05) is 5.32 Å². The number of carboxylic acid groups (broad SMARTS) is 1. The summed E-state index contributed by atoms with van der Waals surface area (Å²) >= 11 is 9.05. The number of anilines is 1. The van der Waals surface area contributed by atoms with Crippen molar-refractivity contribution in [1.82, 2.24) is 4.98 Å². The minimum Gasteiger partial charge on any atom is -0.478 e. The van der Waals surface area contributed by atoms with Crippen LogP contribution in [-0.2, 0) is 16.0 Å². The molecule has 2 N–H and O–H groups in total. The predicted octanol–water partition coefficient (Wildman–Crippen LogP) is 3.53. The number of carboxylic acids is 1. The normalized spacial score (nSPS) is 13.0. The van der Waals surface area contributed by atoms with Crippen molar-refractivity contribution in [3.63, 3.8) is 0 Å². The molecular weight excluding hydrogens is 384 g/mol. The van der Waals surface area contributed by atoms with Crippen LogP contribution in [0.2, 0.25) is 5.15 Å². The Kier molecular flexibility index (Phi) is 4.19. The van der Waals surface area contributed by atoms with Crippen LogP contribution in [0.5, 0.6) is 0 Å². The smallest absolute Gasteiger partial charge is 0.336 e. The third-order valence-electron chi connectivity index (χ3n) is 3.48. The number of carbonyl (C=O) groups excluding carboxylic acids is 1. The Balaban J connectivity index is 1.94. The molecule has 1 heterocycles. The molecule has 1 aromatic carbocycles. The second-order valence-corrected chi connectivity index (χ2v) is 6.26. The van der Waals surface area contributed by atoms with Gasteiger partial charge in [0.1, 0.15) is 5.15 Å². The highest BCUT2D eigenvalue weighted by Crippen LogP contribution is 2.35. The van der Waals surface area contributed by atoms with Crippen molar-refractivity contribution in [3.05, 3.63) is 62.9 Å². The average molecular weight is 394 g/mol. The molecule has 1 aromatic heterocycles. The zero-order valence-corrected chi connectivity index (χ0v) is 14.0. The Morgan fingerprint density at radius 1 is 1.26 bits per heavy atom. The molecule has 0 atom stereocenters. The van der Waals surface area contributed by atoms with E-state index in [0.29, 0.717) is 16.4 Å². The van der Waals surface area contributed by atoms with Gasteiger partial charge in [-0.05, 0) is 35.4 Å². The standard InChI is InChI=1S/C16H10BrClN2O3/c17-9-1-3-11-8(5-9)6-12(14(11)16(22)23)15(21)20-10-2-4-13(18)19-7-10/h1-5,7H,6H2,(H,20,21)(H,22,23). The number of aromatic nitrogens is 1. The molecule has 0 unspecified atom stereocenters. The highest BCUT2D eigenvalue weighted by molar-refractivity contribution is 9.10. The number of halogens is 2. The maximum atomic E-state index is 12.5. The largest absolute Gasteiger partial charge is 0.478 e. The van der Waals surface area contributed by atoms with Crippen LogP contribution in [0, 0.1) is 0 Å². The number of amides is 1. The fraction of sp³-hybridized carbons (Fsp3) is 0.0625. The van der Waals surface area contributed by atoms with Crippen molar-refractivity contribution >= 4 is 50.7 Å². The Labute approximate surface area is 145 Å². The molecule has 2 aromatic rings. The van der Waals surface area contributed by atoms with Crippen LogP contribution in [0.4, 0.5) is 5.69 Å². The van der Waals surface area contributed by atoms with Crippen LogP contribution in [0.25, 0.3) is 5.57 Å². The summed E-state index contributed by atoms with van der Waals surface area (Å²) < 4.78 is 0.838. The lowest BCUT2D eigenvalue weighted by Crippen LogP contribution is -2.17. The molecular formula is C16H10BrClN2O3. The molecule has 3 rings (SSSR count). The maximum Gasteiger partial charge on any atom is 0.336 e. The van der Waals surface area contributed by atoms with Gasteiger partial charge in [0.25, 0.3) is 5.91 Å². The summed E-state index contributed by atoms with van der Waals surface area (Å²) in [6, 6.07) is 8.43. The van der Waals surface area contributed by atoms with Gasteiger partial charge in [0.15, 0.2) is 0 Å². The molecule has 5 nitrogen and oxygen atoms in total. The maximum absolute atomic E-state index is 12.5. The minimum atomic E-state index is -1.12. The first-order valence-electron chi connectivity index (χ1n) is 6.64. The highest BCUT2D eigenvalue weighted by Gasteiger charge is 2.30. The van der Waals surface area contributed by atoms with Gasteiger partial charge in [0, 0.05) is 16.5 Å². The van der Waals surface area contributed by atoms with Gasteiger partial charge in [0.05, 0.1) is 17.5 Å². The first kappa shape index (κ1) is 15.7. The number of carbonyl (C=O) groups is 2. The molecule has 0 saturated carbocycles. The first-order valence-corrected chi connectivity index (χ1v) is 7.81. The third kappa shape index (κ3) is 3.13. The van der Waals surface area contributed by atoms with Gasteiger partial charge >= 0.3 is 5.97 Å². The predicted molar refractivity (Wildman–Crippen MR) is 90.3 cm³/mol. The molecule has 0 radical (unpaired) electrons. The summed E-state index contributed by atoms with van der Waals surface area (Å²) in [6.45, 7) is 0. The summed E-state index contributed by atoms with van der Waals surface area (Å²) in [6.07, 6.45) is 1.68. The van der Waals surface area contributed by atoms with E-state index < -0.39 is 11.9 Å². The minimum absolute atomic E-state index is 0.0342. The van der Waals surface area contributed by atoms with Crippen LogP contribution >= 0.6 is 27.5 Å². The molecule has 23 heavy (non-hydrogen) atoms. The van der Waals surface area contributed by atoms with Gasteiger partial charge in [0.2, 0.25) is 0 Å². The summed E-state index contributed by atoms with van der Waals surface area (Å²) in [5.41, 5.74) is 2.08. The zero-order valence-electron chi connectivity index (χ0n) is 11.6. The van der Waals surface area contributed by atoms with E-state index in [9.17, 15) is 14.7 Å². The average Bonchev–Trinajstić information content (AvgIpc) is 2.88. The number of hydrogen-bond acceptors (Lipinski definition) is 3. The number of pyridine rings is 1. The van der Waals surface area contributed by atoms with E-state index >= 15 is 0 Å². The Morgan fingerprint density at radius 2 is 2.04 bits per heavy atom. The van der Waals surface area contributed by atoms with Gasteiger partial charge in [-0.15, -0.1) is 0 Å². The van der Waals surface area contributed by atoms with E-state index in [1.165, 1.54) is 6.20 Å². The second-order valence-electron chi connectivity index (χ2n) is 4.96. The monoisotopic (exact) mass is 392 g/mol. The van der Waals surface area contributed by atoms with E-state index in [-0.39, 0.29) is 17.6 Å². The fourth-order valence-electron chi connectivity index (χ4n) is 2.49. The van der Waals surface area contributed by atoms with E-state index in [1.54, 1.807) is 24.3 Å². The quantitative estimate of drug-likeness (QED) is 0.782. The number of benzene rings is 1. The van der Waals surface area contributed by atoms with Gasteiger partial charge < -0.3 is 10.4 Å². The van der Waals surface area contributed by atoms with Gasteiger partial charge in [-0.3, -0.25) is 4.79 Å². The molecule has 1 aliphatic carbocycles. The zero-order chi connectivity index (χ0) is 16.6. The highest BCUT2D eigenvalue weighted by atomic mass is 79.9. The number of aliphatic carboxylic acids is 1. The van der Waals surface area contributed by atoms with E-state index in [1.807, 2.05) is 6.07 Å². The van der Waals surface area contributed by atoms with Gasteiger partial charge in [-0.25, -0.2) is 9.78 Å². The first-order chi connectivity index (χ1) is 11.0. The van der Waals surface area contributed by atoms with Crippen LogP contribution in [-0.4, -0.2) is 22.0 Å². The summed E-state index contributed by atoms with van der Waals surface area (Å²) in [5, 5.41) is 12.4. The van der Waals surface area contributed by atoms with Crippen LogP contribution in [0.3, 0.4) is 0 Å². The lowest BCUT2D eigenvalue weighted by atomic mass is 10.1. The molecule has 116 valence electrons. The van der Waals surface area contributed by atoms with Gasteiger partial charge in [-0.2, -0.15) is 0 Å². The van der Waals surface area contributed by atoms with Crippen molar-refractivity contribution < 1.29 is 14.7 Å². The Morgan fingerprint density at radius 3 is 2.70 bits per heavy atom. The van der Waals surface area contributed by atoms with Crippen molar-refractivity contribution in [2.24, 2.45) is 0 Å². The molecule has 0 aliphatic heterocycles. The molecule has 0 spiro atoms. The van der Waals surface area contributed by atoms with Crippen LogP contribution < -0.4 is 5.32 Å². The topological polar surface area (TPSA) is 79.3 Å². The van der Waals surface area contributed by atoms with E-state index in [2.05, 4.69) is 26.2 Å². The number of nitrogens with zero attached hydrogens (tertiary/aromatic N) is 1. The SMILES string of the molecule is O=C(O)C1=C(C(=O)Nc2ccc(Cl)nc2)Cc2cc(Br)ccc21. The van der Waals surface area contributed by atoms with Crippen LogP contribution in [0.15, 0.2) is 46.6 Å². The van der Waals surface area contributed by atoms with E-state index in [0.717, 1.165) is 10.0 Å². The lowest BCUT2D eigenvalue weighted by molar-refractivity contribution is -0.130. The molecule has 1 amide bonds. The Hall–Kier alpha value is -2.18. The summed E-state index contributed by atoms with van der Waals surface area (Å²) in [5.74, 6) is -1.58. The Bertz CT molecular complexity index is 847. The summed E-state index contributed by atoms with van der Waals surface area (Å²) in [7, 11) is 0. The number of fused-ring (bicyclic) bond motifs is 1. The fourth-order valence-corrected chi connectivity index (χ4v) is 3.01. The number of nitrogens with one attached hydrogen (secondary N) is 1. The van der Waals surface area contributed by atoms with Crippen LogP contribution in [0.1, 0.15) is 11.1 Å². The lowest BCUT2D eigenvalue weighted by Gasteiger charge is -2.06. The van der Waals surface area contributed by atoms with Crippen molar-refractivity contribution in [3.8, 4) is 0 Å².